The van der Waals surface area contributed by atoms with E-state index >= 15 is 0 Å². The molecule has 1 unspecified atom stereocenters. The maximum absolute atomic E-state index is 11.9. The Hall–Kier alpha value is -0.510. The maximum atomic E-state index is 11.9. The van der Waals surface area contributed by atoms with Crippen molar-refractivity contribution in [3.63, 3.8) is 0 Å². The zero-order chi connectivity index (χ0) is 7.28. The highest BCUT2D eigenvalue weighted by molar-refractivity contribution is 5.71. The molecule has 0 heterocycles. The number of nitrogens with two attached hydrogens (primary N) is 1. The highest BCUT2D eigenvalue weighted by Crippen LogP contribution is 1.91. The van der Waals surface area contributed by atoms with E-state index in [-0.39, 0.29) is 6.54 Å². The third-order valence-corrected chi connectivity index (χ3v) is 0.811. The number of aliphatic imine (C=N–C) groups is 1. The summed E-state index contributed by atoms with van der Waals surface area (Å²) in [5, 5.41) is 0. The van der Waals surface area contributed by atoms with E-state index in [9.17, 15) is 8.78 Å². The topological polar surface area (TPSA) is 38.4 Å². The molecule has 0 aromatic heterocycles. The van der Waals surface area contributed by atoms with Gasteiger partial charge >= 0.3 is 0 Å². The van der Waals surface area contributed by atoms with Crippen molar-refractivity contribution >= 4 is 5.97 Å². The lowest BCUT2D eigenvalue weighted by Gasteiger charge is -2.01. The fourth-order valence-corrected chi connectivity index (χ4v) is 0.402. The average molecular weight is 136 g/mol. The molecule has 0 aliphatic carbocycles. The van der Waals surface area contributed by atoms with E-state index < -0.39 is 18.7 Å². The number of hydrogen-bond donors (Lipinski definition) is 1. The van der Waals surface area contributed by atoms with Gasteiger partial charge in [-0.3, -0.25) is 4.99 Å². The van der Waals surface area contributed by atoms with Gasteiger partial charge in [0.15, 0.2) is 5.97 Å². The van der Waals surface area contributed by atoms with Crippen molar-refractivity contribution in [2.45, 2.75) is 13.0 Å². The molecule has 9 heavy (non-hydrogen) atoms. The Labute approximate surface area is 52.8 Å². The molecule has 0 aromatic carbocycles. The third kappa shape index (κ3) is 4.02. The molecule has 0 bridgehead atoms. The number of hydrogen-bond acceptors (Lipinski definition) is 2. The van der Waals surface area contributed by atoms with Crippen molar-refractivity contribution in [3.8, 4) is 0 Å². The van der Waals surface area contributed by atoms with Gasteiger partial charge < -0.3 is 5.73 Å². The van der Waals surface area contributed by atoms with Crippen molar-refractivity contribution in [1.82, 2.24) is 0 Å². The molecule has 1 atom stereocenters. The summed E-state index contributed by atoms with van der Waals surface area (Å²) in [4.78, 5) is 3.26. The minimum absolute atomic E-state index is 0.0533. The van der Waals surface area contributed by atoms with Crippen molar-refractivity contribution in [1.29, 1.82) is 0 Å². The fraction of sp³-hybridized carbons (Fsp3) is 0.800. The van der Waals surface area contributed by atoms with Gasteiger partial charge in [0.25, 0.3) is 0 Å². The van der Waals surface area contributed by atoms with Crippen LogP contribution in [0.5, 0.6) is 0 Å². The molecule has 0 aromatic rings. The van der Waals surface area contributed by atoms with Crippen LogP contribution in [0.25, 0.3) is 0 Å². The first-order valence-electron chi connectivity index (χ1n) is 2.66. The highest BCUT2D eigenvalue weighted by Gasteiger charge is 2.01. The first kappa shape index (κ1) is 8.49. The molecule has 0 fully saturated rings. The summed E-state index contributed by atoms with van der Waals surface area (Å²) in [6.45, 7) is 0.522. The Kier molecular flexibility index (Phi) is 4.13. The maximum Gasteiger partial charge on any atom is 0.181 e. The van der Waals surface area contributed by atoms with Gasteiger partial charge in [-0.25, -0.2) is 4.39 Å². The second kappa shape index (κ2) is 4.38. The van der Waals surface area contributed by atoms with E-state index in [0.29, 0.717) is 0 Å². The summed E-state index contributed by atoms with van der Waals surface area (Å²) in [5.41, 5.74) is 5.02. The van der Waals surface area contributed by atoms with E-state index in [2.05, 4.69) is 4.99 Å². The molecule has 0 amide bonds. The quantitative estimate of drug-likeness (QED) is 0.569. The predicted octanol–water partition coefficient (Wildman–Crippen LogP) is 0.671. The van der Waals surface area contributed by atoms with Crippen LogP contribution in [0.3, 0.4) is 0 Å². The normalized spacial score (nSPS) is 15.8. The summed E-state index contributed by atoms with van der Waals surface area (Å²) in [6, 6.07) is -0.699. The summed E-state index contributed by atoms with van der Waals surface area (Å²) < 4.78 is 23.5. The summed E-state index contributed by atoms with van der Waals surface area (Å²) >= 11 is 0. The lowest BCUT2D eigenvalue weighted by atomic mass is 10.3. The van der Waals surface area contributed by atoms with Gasteiger partial charge in [0.1, 0.15) is 6.67 Å². The van der Waals surface area contributed by atoms with E-state index in [1.165, 1.54) is 6.92 Å². The molecule has 2 N–H and O–H groups in total. The van der Waals surface area contributed by atoms with Gasteiger partial charge in [0.2, 0.25) is 0 Å². The summed E-state index contributed by atoms with van der Waals surface area (Å²) in [7, 11) is 0. The van der Waals surface area contributed by atoms with Crippen molar-refractivity contribution < 1.29 is 8.78 Å². The standard InChI is InChI=1S/C5H10F2N2/c1-4(7)9-5(2-6)3-8/h5H,2-3,8H2,1H3/b9-4+. The number of halogens is 2. The molecule has 0 rings (SSSR count). The van der Waals surface area contributed by atoms with Crippen LogP contribution in [0.2, 0.25) is 0 Å². The monoisotopic (exact) mass is 136 g/mol. The van der Waals surface area contributed by atoms with Crippen molar-refractivity contribution in [2.24, 2.45) is 10.7 Å². The number of nitrogens with zero attached hydrogens (tertiary/aromatic N) is 1. The van der Waals surface area contributed by atoms with Crippen LogP contribution in [0.15, 0.2) is 4.99 Å². The second-order valence-corrected chi connectivity index (χ2v) is 1.67. The Morgan fingerprint density at radius 3 is 2.44 bits per heavy atom. The fourth-order valence-electron chi connectivity index (χ4n) is 0.402. The molecule has 0 radical (unpaired) electrons. The van der Waals surface area contributed by atoms with Crippen molar-refractivity contribution in [3.05, 3.63) is 0 Å². The number of alkyl halides is 1. The van der Waals surface area contributed by atoms with Crippen LogP contribution in [0, 0.1) is 0 Å². The van der Waals surface area contributed by atoms with E-state index in [4.69, 9.17) is 5.73 Å². The molecular weight excluding hydrogens is 126 g/mol. The predicted molar refractivity (Wildman–Crippen MR) is 33.0 cm³/mol. The third-order valence-electron chi connectivity index (χ3n) is 0.811. The molecule has 4 heteroatoms. The summed E-state index contributed by atoms with van der Waals surface area (Å²) in [5.74, 6) is -0.622. The van der Waals surface area contributed by atoms with Gasteiger partial charge in [-0.05, 0) is 0 Å². The minimum atomic E-state index is -0.699. The lowest BCUT2D eigenvalue weighted by molar-refractivity contribution is 0.431. The SMILES string of the molecule is C/C(F)=N\C(CN)CF. The molecule has 0 aliphatic rings. The molecule has 0 saturated carbocycles. The van der Waals surface area contributed by atoms with Crippen LogP contribution in [-0.4, -0.2) is 25.2 Å². The van der Waals surface area contributed by atoms with Crippen LogP contribution in [0.1, 0.15) is 6.92 Å². The second-order valence-electron chi connectivity index (χ2n) is 1.67. The first-order chi connectivity index (χ1) is 4.20. The molecule has 54 valence electrons. The molecule has 0 spiro atoms. The largest absolute Gasteiger partial charge is 0.328 e. The first-order valence-corrected chi connectivity index (χ1v) is 2.66. The van der Waals surface area contributed by atoms with Gasteiger partial charge in [0.05, 0.1) is 6.04 Å². The zero-order valence-electron chi connectivity index (χ0n) is 5.27. The van der Waals surface area contributed by atoms with Crippen LogP contribution < -0.4 is 5.73 Å². The van der Waals surface area contributed by atoms with Crippen LogP contribution in [0.4, 0.5) is 8.78 Å². The van der Waals surface area contributed by atoms with Gasteiger partial charge in [-0.1, -0.05) is 0 Å². The van der Waals surface area contributed by atoms with Crippen molar-refractivity contribution in [2.75, 3.05) is 13.2 Å². The summed E-state index contributed by atoms with van der Waals surface area (Å²) in [6.07, 6.45) is 0. The molecule has 2 nitrogen and oxygen atoms in total. The lowest BCUT2D eigenvalue weighted by Crippen LogP contribution is -2.20. The van der Waals surface area contributed by atoms with Gasteiger partial charge in [-0.15, -0.1) is 0 Å². The van der Waals surface area contributed by atoms with E-state index in [1.807, 2.05) is 0 Å². The molecular formula is C5H10F2N2. The van der Waals surface area contributed by atoms with Gasteiger partial charge in [0, 0.05) is 13.5 Å². The zero-order valence-corrected chi connectivity index (χ0v) is 5.27. The molecule has 0 saturated heterocycles. The van der Waals surface area contributed by atoms with E-state index in [1.54, 1.807) is 0 Å². The van der Waals surface area contributed by atoms with E-state index in [0.717, 1.165) is 0 Å². The van der Waals surface area contributed by atoms with Crippen LogP contribution in [-0.2, 0) is 0 Å². The average Bonchev–Trinajstić information content (AvgIpc) is 1.82. The Morgan fingerprint density at radius 2 is 2.33 bits per heavy atom. The highest BCUT2D eigenvalue weighted by atomic mass is 19.1. The Bertz CT molecular complexity index is 95.1. The molecule has 0 aliphatic heterocycles. The Morgan fingerprint density at radius 1 is 1.78 bits per heavy atom. The Balaban J connectivity index is 3.68. The van der Waals surface area contributed by atoms with Crippen LogP contribution >= 0.6 is 0 Å². The smallest absolute Gasteiger partial charge is 0.181 e. The number of rotatable bonds is 3. The minimum Gasteiger partial charge on any atom is -0.328 e. The van der Waals surface area contributed by atoms with Gasteiger partial charge in [-0.2, -0.15) is 4.39 Å².